The molecule has 1 aliphatic rings. The van der Waals surface area contributed by atoms with Crippen molar-refractivity contribution in [3.8, 4) is 5.75 Å². The fraction of sp³-hybridized carbons (Fsp3) is 0.296. The van der Waals surface area contributed by atoms with Crippen LogP contribution >= 0.6 is 0 Å². The molecule has 7 nitrogen and oxygen atoms in total. The van der Waals surface area contributed by atoms with Gasteiger partial charge in [-0.3, -0.25) is 14.6 Å². The molecular weight excluding hydrogens is 428 g/mol. The fourth-order valence-corrected chi connectivity index (χ4v) is 4.42. The molecule has 0 bridgehead atoms. The zero-order valence-electron chi connectivity index (χ0n) is 19.0. The van der Waals surface area contributed by atoms with E-state index >= 15 is 0 Å². The normalized spacial score (nSPS) is 17.2. The molecule has 0 saturated carbocycles. The molecule has 0 radical (unpaired) electrons. The van der Waals surface area contributed by atoms with E-state index in [1.807, 2.05) is 48.5 Å². The molecule has 2 unspecified atom stereocenters. The molecule has 4 N–H and O–H groups in total. The summed E-state index contributed by atoms with van der Waals surface area (Å²) in [6, 6.07) is 20.6. The van der Waals surface area contributed by atoms with Gasteiger partial charge in [0, 0.05) is 24.9 Å². The molecular formula is C27H30N4O3. The standard InChI is InChI=1S/C27H30N4O3/c28-23(17-19-11-13-22(32)14-12-19)27(34)31-16-6-10-25(31)26(33)30-24(20-7-2-1-3-8-20)18-21-9-4-5-15-29-21/h1-5,7-9,11-15,23-25,32H,6,10,16-18,28H2,(H,30,33)/t23-,24?,25?/m0/s1. The second-order valence-electron chi connectivity index (χ2n) is 8.66. The molecule has 4 rings (SSSR count). The van der Waals surface area contributed by atoms with E-state index in [9.17, 15) is 14.7 Å². The van der Waals surface area contributed by atoms with Crippen LogP contribution in [-0.2, 0) is 22.4 Å². The molecule has 3 atom stereocenters. The molecule has 176 valence electrons. The van der Waals surface area contributed by atoms with Crippen molar-refractivity contribution in [2.75, 3.05) is 6.54 Å². The van der Waals surface area contributed by atoms with Crippen LogP contribution in [0.1, 0.15) is 35.7 Å². The SMILES string of the molecule is N[C@@H](Cc1ccc(O)cc1)C(=O)N1CCCC1C(=O)NC(Cc1ccccn1)c1ccccc1. The first-order chi connectivity index (χ1) is 16.5. The first-order valence-electron chi connectivity index (χ1n) is 11.6. The molecule has 1 aromatic heterocycles. The number of aromatic nitrogens is 1. The highest BCUT2D eigenvalue weighted by Crippen LogP contribution is 2.23. The maximum atomic E-state index is 13.4. The third-order valence-corrected chi connectivity index (χ3v) is 6.21. The van der Waals surface area contributed by atoms with Crippen LogP contribution in [-0.4, -0.2) is 45.4 Å². The minimum Gasteiger partial charge on any atom is -0.508 e. The van der Waals surface area contributed by atoms with Crippen LogP contribution in [0.25, 0.3) is 0 Å². The Balaban J connectivity index is 1.45. The van der Waals surface area contributed by atoms with Crippen molar-refractivity contribution < 1.29 is 14.7 Å². The summed E-state index contributed by atoms with van der Waals surface area (Å²) in [5.74, 6) is -0.238. The third-order valence-electron chi connectivity index (χ3n) is 6.21. The highest BCUT2D eigenvalue weighted by molar-refractivity contribution is 5.90. The van der Waals surface area contributed by atoms with E-state index in [1.165, 1.54) is 0 Å². The van der Waals surface area contributed by atoms with Gasteiger partial charge in [-0.25, -0.2) is 0 Å². The van der Waals surface area contributed by atoms with Gasteiger partial charge < -0.3 is 21.1 Å². The summed E-state index contributed by atoms with van der Waals surface area (Å²) in [5, 5.41) is 12.6. The van der Waals surface area contributed by atoms with Gasteiger partial charge in [-0.05, 0) is 54.7 Å². The Bertz CT molecular complexity index is 1090. The van der Waals surface area contributed by atoms with Gasteiger partial charge in [0.1, 0.15) is 11.8 Å². The van der Waals surface area contributed by atoms with E-state index in [-0.39, 0.29) is 23.6 Å². The number of nitrogens with zero attached hydrogens (tertiary/aromatic N) is 2. The molecule has 34 heavy (non-hydrogen) atoms. The first-order valence-corrected chi connectivity index (χ1v) is 11.6. The largest absolute Gasteiger partial charge is 0.508 e. The van der Waals surface area contributed by atoms with Crippen LogP contribution < -0.4 is 11.1 Å². The fourth-order valence-electron chi connectivity index (χ4n) is 4.42. The number of carbonyl (C=O) groups excluding carboxylic acids is 2. The molecule has 2 amide bonds. The number of phenolic OH excluding ortho intramolecular Hbond substituents is 1. The molecule has 1 aliphatic heterocycles. The van der Waals surface area contributed by atoms with Crippen LogP contribution in [0.5, 0.6) is 5.75 Å². The Labute approximate surface area is 199 Å². The van der Waals surface area contributed by atoms with E-state index in [1.54, 1.807) is 35.4 Å². The number of carbonyl (C=O) groups is 2. The predicted molar refractivity (Wildman–Crippen MR) is 130 cm³/mol. The molecule has 3 aromatic rings. The van der Waals surface area contributed by atoms with Gasteiger partial charge in [0.15, 0.2) is 0 Å². The lowest BCUT2D eigenvalue weighted by Crippen LogP contribution is -2.52. The number of hydrogen-bond donors (Lipinski definition) is 3. The quantitative estimate of drug-likeness (QED) is 0.481. The van der Waals surface area contributed by atoms with Gasteiger partial charge in [0.05, 0.1) is 12.1 Å². The van der Waals surface area contributed by atoms with E-state index in [0.29, 0.717) is 25.8 Å². The number of pyridine rings is 1. The van der Waals surface area contributed by atoms with Crippen molar-refractivity contribution in [1.29, 1.82) is 0 Å². The van der Waals surface area contributed by atoms with Gasteiger partial charge in [-0.1, -0.05) is 48.5 Å². The van der Waals surface area contributed by atoms with Crippen LogP contribution in [0.4, 0.5) is 0 Å². The zero-order chi connectivity index (χ0) is 23.9. The number of nitrogens with two attached hydrogens (primary N) is 1. The lowest BCUT2D eigenvalue weighted by atomic mass is 10.0. The minimum atomic E-state index is -0.753. The van der Waals surface area contributed by atoms with E-state index in [0.717, 1.165) is 23.2 Å². The third kappa shape index (κ3) is 5.80. The van der Waals surface area contributed by atoms with Crippen molar-refractivity contribution in [1.82, 2.24) is 15.2 Å². The van der Waals surface area contributed by atoms with E-state index in [4.69, 9.17) is 5.73 Å². The van der Waals surface area contributed by atoms with Gasteiger partial charge in [-0.15, -0.1) is 0 Å². The first kappa shape index (κ1) is 23.4. The van der Waals surface area contributed by atoms with Crippen LogP contribution in [0.2, 0.25) is 0 Å². The van der Waals surface area contributed by atoms with Crippen LogP contribution in [0.15, 0.2) is 79.0 Å². The molecule has 1 saturated heterocycles. The van der Waals surface area contributed by atoms with Gasteiger partial charge >= 0.3 is 0 Å². The summed E-state index contributed by atoms with van der Waals surface area (Å²) in [6.07, 6.45) is 4.00. The van der Waals surface area contributed by atoms with Crippen molar-refractivity contribution in [3.63, 3.8) is 0 Å². The maximum Gasteiger partial charge on any atom is 0.243 e. The summed E-state index contributed by atoms with van der Waals surface area (Å²) in [4.78, 5) is 32.5. The van der Waals surface area contributed by atoms with E-state index < -0.39 is 12.1 Å². The van der Waals surface area contributed by atoms with Crippen molar-refractivity contribution in [2.45, 2.75) is 43.8 Å². The van der Waals surface area contributed by atoms with Crippen molar-refractivity contribution in [3.05, 3.63) is 95.8 Å². The molecule has 0 spiro atoms. The smallest absolute Gasteiger partial charge is 0.243 e. The van der Waals surface area contributed by atoms with Crippen molar-refractivity contribution >= 4 is 11.8 Å². The van der Waals surface area contributed by atoms with Crippen LogP contribution in [0.3, 0.4) is 0 Å². The summed E-state index contributed by atoms with van der Waals surface area (Å²) in [7, 11) is 0. The van der Waals surface area contributed by atoms with Crippen LogP contribution in [0, 0.1) is 0 Å². The van der Waals surface area contributed by atoms with Gasteiger partial charge in [0.25, 0.3) is 0 Å². The number of aromatic hydroxyl groups is 1. The van der Waals surface area contributed by atoms with Crippen molar-refractivity contribution in [2.24, 2.45) is 5.73 Å². The Morgan fingerprint density at radius 3 is 2.47 bits per heavy atom. The minimum absolute atomic E-state index is 0.165. The Hall–Kier alpha value is -3.71. The summed E-state index contributed by atoms with van der Waals surface area (Å²) < 4.78 is 0. The number of likely N-dealkylation sites (tertiary alicyclic amines) is 1. The molecule has 7 heteroatoms. The second kappa shape index (κ2) is 10.9. The lowest BCUT2D eigenvalue weighted by Gasteiger charge is -2.28. The number of hydrogen-bond acceptors (Lipinski definition) is 5. The molecule has 2 aromatic carbocycles. The van der Waals surface area contributed by atoms with Gasteiger partial charge in [-0.2, -0.15) is 0 Å². The maximum absolute atomic E-state index is 13.4. The van der Waals surface area contributed by atoms with Gasteiger partial charge in [0.2, 0.25) is 11.8 Å². The average molecular weight is 459 g/mol. The number of amides is 2. The Morgan fingerprint density at radius 1 is 1.03 bits per heavy atom. The highest BCUT2D eigenvalue weighted by Gasteiger charge is 2.37. The number of nitrogens with one attached hydrogen (secondary N) is 1. The number of phenols is 1. The molecule has 1 fully saturated rings. The summed E-state index contributed by atoms with van der Waals surface area (Å²) in [6.45, 7) is 0.510. The number of benzene rings is 2. The summed E-state index contributed by atoms with van der Waals surface area (Å²) in [5.41, 5.74) is 8.96. The lowest BCUT2D eigenvalue weighted by molar-refractivity contribution is -0.139. The summed E-state index contributed by atoms with van der Waals surface area (Å²) >= 11 is 0. The predicted octanol–water partition coefficient (Wildman–Crippen LogP) is 2.75. The average Bonchev–Trinajstić information content (AvgIpc) is 3.36. The zero-order valence-corrected chi connectivity index (χ0v) is 19.0. The topological polar surface area (TPSA) is 109 Å². The Kier molecular flexibility index (Phi) is 7.54. The van der Waals surface area contributed by atoms with E-state index in [2.05, 4.69) is 10.3 Å². The molecule has 0 aliphatic carbocycles. The molecule has 2 heterocycles. The second-order valence-corrected chi connectivity index (χ2v) is 8.66. The Morgan fingerprint density at radius 2 is 1.76 bits per heavy atom. The number of rotatable bonds is 8. The highest BCUT2D eigenvalue weighted by atomic mass is 16.3. The monoisotopic (exact) mass is 458 g/mol.